The van der Waals surface area contributed by atoms with Crippen molar-refractivity contribution in [3.05, 3.63) is 48.6 Å². The molecule has 2 rings (SSSR count). The minimum absolute atomic E-state index is 0.00551. The van der Waals surface area contributed by atoms with Gasteiger partial charge in [0, 0.05) is 5.75 Å². The first kappa shape index (κ1) is 15.0. The van der Waals surface area contributed by atoms with Gasteiger partial charge in [-0.3, -0.25) is 4.90 Å². The number of thioether (sulfide) groups is 1. The summed E-state index contributed by atoms with van der Waals surface area (Å²) in [6.45, 7) is 9.49. The standard InChI is InChI=1S/C16H21NO2S/c1-5-13-11-20-14(12-9-7-6-8-10-12)17(13)15(18)19-16(2,3)4/h5-10,13-14H,1,11H2,2-4H3/t13?,14-/m1/s1. The molecule has 1 saturated heterocycles. The number of nitrogens with zero attached hydrogens (tertiary/aromatic N) is 1. The van der Waals surface area contributed by atoms with Crippen LogP contribution in [-0.4, -0.2) is 28.4 Å². The summed E-state index contributed by atoms with van der Waals surface area (Å²) in [5.41, 5.74) is 0.629. The number of hydrogen-bond donors (Lipinski definition) is 0. The number of rotatable bonds is 2. The first-order valence-corrected chi connectivity index (χ1v) is 7.77. The largest absolute Gasteiger partial charge is 0.444 e. The van der Waals surface area contributed by atoms with Crippen LogP contribution < -0.4 is 0 Å². The molecule has 1 unspecified atom stereocenters. The van der Waals surface area contributed by atoms with Crippen molar-refractivity contribution in [3.63, 3.8) is 0 Å². The third kappa shape index (κ3) is 3.37. The van der Waals surface area contributed by atoms with E-state index in [1.807, 2.05) is 57.2 Å². The predicted octanol–water partition coefficient (Wildman–Crippen LogP) is 4.22. The quantitative estimate of drug-likeness (QED) is 0.764. The van der Waals surface area contributed by atoms with Crippen LogP contribution in [0.4, 0.5) is 4.79 Å². The molecule has 4 heteroatoms. The van der Waals surface area contributed by atoms with Crippen molar-refractivity contribution in [1.29, 1.82) is 0 Å². The van der Waals surface area contributed by atoms with Gasteiger partial charge in [0.15, 0.2) is 0 Å². The first-order valence-electron chi connectivity index (χ1n) is 6.73. The Balaban J connectivity index is 2.24. The molecular formula is C16H21NO2S. The lowest BCUT2D eigenvalue weighted by molar-refractivity contribution is 0.0208. The van der Waals surface area contributed by atoms with E-state index in [4.69, 9.17) is 4.74 Å². The molecule has 1 aliphatic rings. The lowest BCUT2D eigenvalue weighted by atomic mass is 10.2. The lowest BCUT2D eigenvalue weighted by Crippen LogP contribution is -2.40. The second-order valence-corrected chi connectivity index (χ2v) is 6.90. The Labute approximate surface area is 125 Å². The first-order chi connectivity index (χ1) is 9.42. The minimum atomic E-state index is -0.489. The second kappa shape index (κ2) is 5.92. The van der Waals surface area contributed by atoms with Crippen molar-refractivity contribution in [1.82, 2.24) is 4.90 Å². The van der Waals surface area contributed by atoms with Gasteiger partial charge < -0.3 is 4.74 Å². The molecule has 20 heavy (non-hydrogen) atoms. The SMILES string of the molecule is C=CC1CS[C@H](c2ccccc2)N1C(=O)OC(C)(C)C. The van der Waals surface area contributed by atoms with E-state index in [-0.39, 0.29) is 17.5 Å². The average molecular weight is 291 g/mol. The van der Waals surface area contributed by atoms with Gasteiger partial charge in [0.05, 0.1) is 6.04 Å². The smallest absolute Gasteiger partial charge is 0.411 e. The van der Waals surface area contributed by atoms with E-state index in [9.17, 15) is 4.79 Å². The monoisotopic (exact) mass is 291 g/mol. The number of carbonyl (C=O) groups is 1. The maximum Gasteiger partial charge on any atom is 0.411 e. The van der Waals surface area contributed by atoms with E-state index in [2.05, 4.69) is 6.58 Å². The molecule has 1 amide bonds. The van der Waals surface area contributed by atoms with Crippen LogP contribution in [0.15, 0.2) is 43.0 Å². The fraction of sp³-hybridized carbons (Fsp3) is 0.438. The molecule has 0 saturated carbocycles. The van der Waals surface area contributed by atoms with Crippen LogP contribution in [0.5, 0.6) is 0 Å². The summed E-state index contributed by atoms with van der Waals surface area (Å²) < 4.78 is 5.53. The van der Waals surface area contributed by atoms with Crippen molar-refractivity contribution in [2.45, 2.75) is 37.8 Å². The van der Waals surface area contributed by atoms with Gasteiger partial charge in [-0.25, -0.2) is 4.79 Å². The normalized spacial score (nSPS) is 22.6. The number of benzene rings is 1. The lowest BCUT2D eigenvalue weighted by Gasteiger charge is -2.31. The Bertz CT molecular complexity index is 481. The van der Waals surface area contributed by atoms with E-state index in [0.717, 1.165) is 11.3 Å². The highest BCUT2D eigenvalue weighted by Crippen LogP contribution is 2.42. The maximum atomic E-state index is 12.5. The third-order valence-corrected chi connectivity index (χ3v) is 4.34. The van der Waals surface area contributed by atoms with E-state index in [1.54, 1.807) is 16.7 Å². The molecule has 0 spiro atoms. The zero-order valence-electron chi connectivity index (χ0n) is 12.2. The molecule has 0 aliphatic carbocycles. The van der Waals surface area contributed by atoms with Crippen LogP contribution in [0.3, 0.4) is 0 Å². The summed E-state index contributed by atoms with van der Waals surface area (Å²) in [7, 11) is 0. The Kier molecular flexibility index (Phi) is 4.43. The van der Waals surface area contributed by atoms with Crippen LogP contribution in [0.25, 0.3) is 0 Å². The van der Waals surface area contributed by atoms with Crippen LogP contribution in [-0.2, 0) is 4.74 Å². The Morgan fingerprint density at radius 2 is 2.05 bits per heavy atom. The summed E-state index contributed by atoms with van der Waals surface area (Å²) >= 11 is 1.74. The van der Waals surface area contributed by atoms with Gasteiger partial charge in [-0.1, -0.05) is 36.4 Å². The summed E-state index contributed by atoms with van der Waals surface area (Å²) in [6, 6.07) is 10.1. The zero-order chi connectivity index (χ0) is 14.8. The number of carbonyl (C=O) groups excluding carboxylic acids is 1. The molecule has 0 radical (unpaired) electrons. The van der Waals surface area contributed by atoms with Gasteiger partial charge in [0.25, 0.3) is 0 Å². The molecule has 0 aromatic heterocycles. The Morgan fingerprint density at radius 1 is 1.40 bits per heavy atom. The topological polar surface area (TPSA) is 29.5 Å². The van der Waals surface area contributed by atoms with Crippen molar-refractivity contribution < 1.29 is 9.53 Å². The molecular weight excluding hydrogens is 270 g/mol. The molecule has 2 atom stereocenters. The molecule has 1 aliphatic heterocycles. The Morgan fingerprint density at radius 3 is 2.60 bits per heavy atom. The molecule has 108 valence electrons. The van der Waals surface area contributed by atoms with Crippen LogP contribution >= 0.6 is 11.8 Å². The summed E-state index contributed by atoms with van der Waals surface area (Å²) in [5.74, 6) is 0.850. The predicted molar refractivity (Wildman–Crippen MR) is 83.7 cm³/mol. The fourth-order valence-electron chi connectivity index (χ4n) is 2.13. The van der Waals surface area contributed by atoms with E-state index in [1.165, 1.54) is 0 Å². The summed E-state index contributed by atoms with van der Waals surface area (Å²) in [5, 5.41) is -0.00551. The third-order valence-electron chi connectivity index (χ3n) is 3.00. The van der Waals surface area contributed by atoms with E-state index < -0.39 is 5.60 Å². The van der Waals surface area contributed by atoms with Crippen molar-refractivity contribution in [2.24, 2.45) is 0 Å². The highest BCUT2D eigenvalue weighted by atomic mass is 32.2. The van der Waals surface area contributed by atoms with Gasteiger partial charge >= 0.3 is 6.09 Å². The summed E-state index contributed by atoms with van der Waals surface area (Å²) in [4.78, 5) is 14.2. The molecule has 1 aromatic carbocycles. The Hall–Kier alpha value is -1.42. The second-order valence-electron chi connectivity index (χ2n) is 5.79. The van der Waals surface area contributed by atoms with Gasteiger partial charge in [-0.15, -0.1) is 18.3 Å². The molecule has 0 bridgehead atoms. The van der Waals surface area contributed by atoms with Gasteiger partial charge in [-0.2, -0.15) is 0 Å². The number of ether oxygens (including phenoxy) is 1. The van der Waals surface area contributed by atoms with Crippen molar-refractivity contribution in [2.75, 3.05) is 5.75 Å². The van der Waals surface area contributed by atoms with Crippen LogP contribution in [0.2, 0.25) is 0 Å². The molecule has 1 heterocycles. The average Bonchev–Trinajstić information content (AvgIpc) is 2.81. The highest BCUT2D eigenvalue weighted by Gasteiger charge is 2.39. The molecule has 0 N–H and O–H groups in total. The number of amides is 1. The fourth-order valence-corrected chi connectivity index (χ4v) is 3.55. The maximum absolute atomic E-state index is 12.5. The van der Waals surface area contributed by atoms with E-state index >= 15 is 0 Å². The van der Waals surface area contributed by atoms with Gasteiger partial charge in [-0.05, 0) is 26.3 Å². The van der Waals surface area contributed by atoms with Crippen molar-refractivity contribution >= 4 is 17.9 Å². The van der Waals surface area contributed by atoms with Crippen LogP contribution in [0.1, 0.15) is 31.7 Å². The van der Waals surface area contributed by atoms with Gasteiger partial charge in [0.1, 0.15) is 11.0 Å². The van der Waals surface area contributed by atoms with Crippen molar-refractivity contribution in [3.8, 4) is 0 Å². The number of hydrogen-bond acceptors (Lipinski definition) is 3. The minimum Gasteiger partial charge on any atom is -0.444 e. The van der Waals surface area contributed by atoms with Crippen LogP contribution in [0, 0.1) is 0 Å². The highest BCUT2D eigenvalue weighted by molar-refractivity contribution is 7.99. The molecule has 1 aromatic rings. The zero-order valence-corrected chi connectivity index (χ0v) is 13.0. The summed E-state index contributed by atoms with van der Waals surface area (Å²) in [6.07, 6.45) is 1.54. The molecule has 3 nitrogen and oxygen atoms in total. The van der Waals surface area contributed by atoms with Gasteiger partial charge in [0.2, 0.25) is 0 Å². The van der Waals surface area contributed by atoms with E-state index in [0.29, 0.717) is 0 Å². The molecule has 1 fully saturated rings.